The number of para-hydroxylation sites is 3. The molecule has 5 aromatic rings. The van der Waals surface area contributed by atoms with Crippen LogP contribution >= 0.6 is 0 Å². The number of hydrogen-bond acceptors (Lipinski definition) is 2. The van der Waals surface area contributed by atoms with Crippen molar-refractivity contribution in [2.75, 3.05) is 6.54 Å². The fraction of sp³-hybridized carbons (Fsp3) is 0.214. The molecule has 5 rings (SSSR count). The maximum absolute atomic E-state index is 12.9. The maximum atomic E-state index is 12.9. The average molecular weight is 453 g/mol. The Kier molecular flexibility index (Phi) is 6.04. The Hall–Kier alpha value is -4.06. The molecule has 3 aromatic carbocycles. The number of hydrogen-bond donors (Lipinski definition) is 2. The van der Waals surface area contributed by atoms with Gasteiger partial charge in [0, 0.05) is 49.1 Å². The molecule has 172 valence electrons. The maximum Gasteiger partial charge on any atom is 0.329 e. The molecule has 0 saturated heterocycles. The molecule has 34 heavy (non-hydrogen) atoms. The first-order valence-electron chi connectivity index (χ1n) is 11.7. The van der Waals surface area contributed by atoms with Gasteiger partial charge in [0.15, 0.2) is 0 Å². The molecule has 0 aliphatic heterocycles. The lowest BCUT2D eigenvalue weighted by Gasteiger charge is -2.18. The van der Waals surface area contributed by atoms with Crippen molar-refractivity contribution in [2.24, 2.45) is 0 Å². The first kappa shape index (κ1) is 21.8. The number of H-pyrrole nitrogens is 1. The van der Waals surface area contributed by atoms with Gasteiger partial charge in [-0.15, -0.1) is 0 Å². The molecule has 1 unspecified atom stereocenters. The number of aromatic nitrogens is 3. The SMILES string of the molecule is CCn1c(=O)n(CCC(=O)NCC(c2ccccc2)c2c[nH]c3ccccc23)c2ccccc21. The van der Waals surface area contributed by atoms with Gasteiger partial charge in [-0.1, -0.05) is 60.7 Å². The van der Waals surface area contributed by atoms with E-state index in [-0.39, 0.29) is 23.9 Å². The summed E-state index contributed by atoms with van der Waals surface area (Å²) in [6.45, 7) is 3.39. The Morgan fingerprint density at radius 2 is 1.59 bits per heavy atom. The summed E-state index contributed by atoms with van der Waals surface area (Å²) >= 11 is 0. The number of aromatic amines is 1. The van der Waals surface area contributed by atoms with Crippen molar-refractivity contribution in [2.45, 2.75) is 32.4 Å². The lowest BCUT2D eigenvalue weighted by Crippen LogP contribution is -2.31. The Morgan fingerprint density at radius 3 is 2.35 bits per heavy atom. The topological polar surface area (TPSA) is 71.8 Å². The fourth-order valence-corrected chi connectivity index (χ4v) is 4.79. The molecule has 0 spiro atoms. The van der Waals surface area contributed by atoms with E-state index in [4.69, 9.17) is 0 Å². The molecule has 6 nitrogen and oxygen atoms in total. The summed E-state index contributed by atoms with van der Waals surface area (Å²) in [6.07, 6.45) is 2.28. The van der Waals surface area contributed by atoms with Crippen LogP contribution < -0.4 is 11.0 Å². The molecule has 0 radical (unpaired) electrons. The van der Waals surface area contributed by atoms with E-state index >= 15 is 0 Å². The van der Waals surface area contributed by atoms with E-state index in [1.807, 2.05) is 67.7 Å². The van der Waals surface area contributed by atoms with Gasteiger partial charge in [0.05, 0.1) is 11.0 Å². The van der Waals surface area contributed by atoms with Crippen molar-refractivity contribution in [1.82, 2.24) is 19.4 Å². The Morgan fingerprint density at radius 1 is 0.912 bits per heavy atom. The van der Waals surface area contributed by atoms with Crippen LogP contribution in [0.3, 0.4) is 0 Å². The second-order valence-corrected chi connectivity index (χ2v) is 8.47. The van der Waals surface area contributed by atoms with Gasteiger partial charge in [-0.05, 0) is 36.2 Å². The van der Waals surface area contributed by atoms with Crippen molar-refractivity contribution in [3.8, 4) is 0 Å². The Balaban J connectivity index is 1.34. The predicted octanol–water partition coefficient (Wildman–Crippen LogP) is 4.64. The third-order valence-electron chi connectivity index (χ3n) is 6.51. The molecule has 2 aromatic heterocycles. The molecule has 0 fully saturated rings. The highest BCUT2D eigenvalue weighted by Gasteiger charge is 2.19. The Labute approximate surface area is 197 Å². The van der Waals surface area contributed by atoms with Crippen molar-refractivity contribution in [3.05, 3.63) is 107 Å². The molecular weight excluding hydrogens is 424 g/mol. The van der Waals surface area contributed by atoms with E-state index < -0.39 is 0 Å². The summed E-state index contributed by atoms with van der Waals surface area (Å²) in [6, 6.07) is 26.2. The van der Waals surface area contributed by atoms with Crippen molar-refractivity contribution in [3.63, 3.8) is 0 Å². The smallest absolute Gasteiger partial charge is 0.329 e. The number of fused-ring (bicyclic) bond motifs is 2. The zero-order chi connectivity index (χ0) is 23.5. The van der Waals surface area contributed by atoms with Gasteiger partial charge in [0.2, 0.25) is 5.91 Å². The van der Waals surface area contributed by atoms with E-state index in [1.165, 1.54) is 0 Å². The summed E-state index contributed by atoms with van der Waals surface area (Å²) in [5, 5.41) is 4.27. The van der Waals surface area contributed by atoms with Crippen LogP contribution in [0.15, 0.2) is 89.9 Å². The minimum absolute atomic E-state index is 0.0195. The third-order valence-corrected chi connectivity index (χ3v) is 6.51. The number of amides is 1. The summed E-state index contributed by atoms with van der Waals surface area (Å²) in [5.41, 5.74) is 5.08. The molecule has 1 atom stereocenters. The number of carbonyl (C=O) groups excluding carboxylic acids is 1. The number of aryl methyl sites for hydroxylation is 2. The zero-order valence-corrected chi connectivity index (χ0v) is 19.2. The largest absolute Gasteiger partial charge is 0.361 e. The van der Waals surface area contributed by atoms with Gasteiger partial charge in [-0.25, -0.2) is 4.79 Å². The van der Waals surface area contributed by atoms with Crippen LogP contribution in [0.25, 0.3) is 21.9 Å². The van der Waals surface area contributed by atoms with Crippen LogP contribution in [-0.4, -0.2) is 26.6 Å². The normalized spacial score (nSPS) is 12.3. The standard InChI is InChI=1S/C28H28N4O2/c1-2-31-25-14-8-9-15-26(25)32(28(31)34)17-16-27(33)30-18-22(20-10-4-3-5-11-20)23-19-29-24-13-7-6-12-21(23)24/h3-15,19,22,29H,2,16-18H2,1H3,(H,30,33). The minimum atomic E-state index is -0.0718. The lowest BCUT2D eigenvalue weighted by molar-refractivity contribution is -0.121. The summed E-state index contributed by atoms with van der Waals surface area (Å²) in [7, 11) is 0. The number of carbonyl (C=O) groups is 1. The predicted molar refractivity (Wildman–Crippen MR) is 136 cm³/mol. The van der Waals surface area contributed by atoms with E-state index in [1.54, 1.807) is 9.13 Å². The molecule has 0 saturated carbocycles. The third kappa shape index (κ3) is 4.03. The highest BCUT2D eigenvalue weighted by atomic mass is 16.2. The quantitative estimate of drug-likeness (QED) is 0.360. The van der Waals surface area contributed by atoms with E-state index in [9.17, 15) is 9.59 Å². The number of nitrogens with one attached hydrogen (secondary N) is 2. The second kappa shape index (κ2) is 9.43. The first-order chi connectivity index (χ1) is 16.7. The number of nitrogens with zero attached hydrogens (tertiary/aromatic N) is 2. The van der Waals surface area contributed by atoms with Crippen molar-refractivity contribution in [1.29, 1.82) is 0 Å². The zero-order valence-electron chi connectivity index (χ0n) is 19.2. The molecule has 2 heterocycles. The lowest BCUT2D eigenvalue weighted by atomic mass is 9.91. The van der Waals surface area contributed by atoms with E-state index in [0.29, 0.717) is 19.6 Å². The summed E-state index contributed by atoms with van der Waals surface area (Å²) < 4.78 is 3.45. The van der Waals surface area contributed by atoms with E-state index in [2.05, 4.69) is 34.6 Å². The molecule has 0 aliphatic carbocycles. The number of rotatable bonds is 8. The summed E-state index contributed by atoms with van der Waals surface area (Å²) in [5.74, 6) is -0.0490. The minimum Gasteiger partial charge on any atom is -0.361 e. The molecular formula is C28H28N4O2. The van der Waals surface area contributed by atoms with Crippen LogP contribution in [0, 0.1) is 0 Å². The van der Waals surface area contributed by atoms with Crippen LogP contribution in [0.4, 0.5) is 0 Å². The van der Waals surface area contributed by atoms with Crippen LogP contribution in [0.1, 0.15) is 30.4 Å². The molecule has 0 bridgehead atoms. The fourth-order valence-electron chi connectivity index (χ4n) is 4.79. The second-order valence-electron chi connectivity index (χ2n) is 8.47. The monoisotopic (exact) mass is 452 g/mol. The molecule has 0 aliphatic rings. The van der Waals surface area contributed by atoms with Gasteiger partial charge in [-0.2, -0.15) is 0 Å². The number of imidazole rings is 1. The molecule has 6 heteroatoms. The highest BCUT2D eigenvalue weighted by molar-refractivity contribution is 5.84. The van der Waals surface area contributed by atoms with Crippen LogP contribution in [0.2, 0.25) is 0 Å². The van der Waals surface area contributed by atoms with Crippen molar-refractivity contribution < 1.29 is 4.79 Å². The van der Waals surface area contributed by atoms with Crippen molar-refractivity contribution >= 4 is 27.8 Å². The first-order valence-corrected chi connectivity index (χ1v) is 11.7. The van der Waals surface area contributed by atoms with Gasteiger partial charge < -0.3 is 10.3 Å². The van der Waals surface area contributed by atoms with Crippen LogP contribution in [0.5, 0.6) is 0 Å². The van der Waals surface area contributed by atoms with Gasteiger partial charge >= 0.3 is 5.69 Å². The van der Waals surface area contributed by atoms with Crippen LogP contribution in [-0.2, 0) is 17.9 Å². The van der Waals surface area contributed by atoms with Gasteiger partial charge in [0.1, 0.15) is 0 Å². The highest BCUT2D eigenvalue weighted by Crippen LogP contribution is 2.30. The van der Waals surface area contributed by atoms with Gasteiger partial charge in [-0.3, -0.25) is 13.9 Å². The Bertz CT molecular complexity index is 1490. The molecule has 2 N–H and O–H groups in total. The number of benzene rings is 3. The molecule has 1 amide bonds. The summed E-state index contributed by atoms with van der Waals surface area (Å²) in [4.78, 5) is 29.1. The van der Waals surface area contributed by atoms with E-state index in [0.717, 1.165) is 33.1 Å². The average Bonchev–Trinajstić information content (AvgIpc) is 3.42. The van der Waals surface area contributed by atoms with Gasteiger partial charge in [0.25, 0.3) is 0 Å².